The van der Waals surface area contributed by atoms with Gasteiger partial charge in [0.05, 0.1) is 0 Å². The van der Waals surface area contributed by atoms with Crippen LogP contribution in [0.15, 0.2) is 17.2 Å². The first kappa shape index (κ1) is 15.0. The Hall–Kier alpha value is -1.38. The number of hydrogen-bond acceptors (Lipinski definition) is 4. The number of piperidine rings is 1. The van der Waals surface area contributed by atoms with Crippen molar-refractivity contribution in [3.05, 3.63) is 18.0 Å². The molecule has 0 radical (unpaired) electrons. The standard InChI is InChI=1S/C12H20N4O3S/c1-8-5-9(3-4-14-8)15-20(18,19)10-6-11(12(13)17)16(2)7-10/h6-9,14-15H,3-5H2,1-2H3,(H2,13,17). The molecule has 1 aromatic heterocycles. The van der Waals surface area contributed by atoms with Gasteiger partial charge in [-0.25, -0.2) is 13.1 Å². The minimum Gasteiger partial charge on any atom is -0.364 e. The summed E-state index contributed by atoms with van der Waals surface area (Å²) >= 11 is 0. The summed E-state index contributed by atoms with van der Waals surface area (Å²) in [5.74, 6) is -0.649. The van der Waals surface area contributed by atoms with E-state index in [9.17, 15) is 13.2 Å². The van der Waals surface area contributed by atoms with Crippen LogP contribution < -0.4 is 15.8 Å². The molecule has 2 unspecified atom stereocenters. The SMILES string of the molecule is CC1CC(NS(=O)(=O)c2cc(C(N)=O)n(C)c2)CCN1. The van der Waals surface area contributed by atoms with Gasteiger partial charge in [-0.2, -0.15) is 0 Å². The number of hydrogen-bond donors (Lipinski definition) is 3. The molecular formula is C12H20N4O3S. The lowest BCUT2D eigenvalue weighted by Crippen LogP contribution is -2.46. The second-order valence-electron chi connectivity index (χ2n) is 5.23. The average Bonchev–Trinajstić information content (AvgIpc) is 2.71. The lowest BCUT2D eigenvalue weighted by atomic mass is 10.0. The summed E-state index contributed by atoms with van der Waals surface area (Å²) in [7, 11) is -2.04. The van der Waals surface area contributed by atoms with Crippen LogP contribution >= 0.6 is 0 Å². The van der Waals surface area contributed by atoms with Crippen molar-refractivity contribution >= 4 is 15.9 Å². The first-order valence-electron chi connectivity index (χ1n) is 6.51. The van der Waals surface area contributed by atoms with Gasteiger partial charge in [0.2, 0.25) is 10.0 Å². The maximum Gasteiger partial charge on any atom is 0.265 e. The van der Waals surface area contributed by atoms with Crippen molar-refractivity contribution in [2.75, 3.05) is 6.54 Å². The van der Waals surface area contributed by atoms with Crippen molar-refractivity contribution in [2.24, 2.45) is 12.8 Å². The van der Waals surface area contributed by atoms with Gasteiger partial charge in [0.15, 0.2) is 0 Å². The maximum atomic E-state index is 12.3. The molecule has 1 saturated heterocycles. The monoisotopic (exact) mass is 300 g/mol. The Balaban J connectivity index is 2.18. The minimum absolute atomic E-state index is 0.0694. The Bertz CT molecular complexity index is 608. The molecule has 0 spiro atoms. The van der Waals surface area contributed by atoms with Gasteiger partial charge >= 0.3 is 0 Å². The molecule has 1 amide bonds. The molecule has 4 N–H and O–H groups in total. The summed E-state index contributed by atoms with van der Waals surface area (Å²) in [6.45, 7) is 2.81. The maximum absolute atomic E-state index is 12.3. The van der Waals surface area contributed by atoms with Gasteiger partial charge < -0.3 is 15.6 Å². The first-order valence-corrected chi connectivity index (χ1v) is 8.00. The Labute approximate surface area is 118 Å². The molecule has 0 saturated carbocycles. The fourth-order valence-corrected chi connectivity index (χ4v) is 3.81. The number of nitrogens with one attached hydrogen (secondary N) is 2. The third kappa shape index (κ3) is 3.20. The molecule has 20 heavy (non-hydrogen) atoms. The smallest absolute Gasteiger partial charge is 0.265 e. The lowest BCUT2D eigenvalue weighted by molar-refractivity contribution is 0.0992. The van der Waals surface area contributed by atoms with Crippen LogP contribution in [0.2, 0.25) is 0 Å². The largest absolute Gasteiger partial charge is 0.364 e. The number of rotatable bonds is 4. The van der Waals surface area contributed by atoms with Gasteiger partial charge in [0, 0.05) is 25.3 Å². The highest BCUT2D eigenvalue weighted by molar-refractivity contribution is 7.89. The predicted molar refractivity (Wildman–Crippen MR) is 74.7 cm³/mol. The van der Waals surface area contributed by atoms with E-state index in [2.05, 4.69) is 10.0 Å². The summed E-state index contributed by atoms with van der Waals surface area (Å²) in [5, 5.41) is 3.27. The molecule has 1 aromatic rings. The van der Waals surface area contributed by atoms with E-state index >= 15 is 0 Å². The van der Waals surface area contributed by atoms with Crippen LogP contribution in [-0.2, 0) is 17.1 Å². The van der Waals surface area contributed by atoms with Crippen molar-refractivity contribution in [1.82, 2.24) is 14.6 Å². The molecule has 8 heteroatoms. The van der Waals surface area contributed by atoms with Gasteiger partial charge in [-0.15, -0.1) is 0 Å². The third-order valence-corrected chi connectivity index (χ3v) is 4.98. The number of amides is 1. The van der Waals surface area contributed by atoms with Crippen LogP contribution in [0.4, 0.5) is 0 Å². The van der Waals surface area contributed by atoms with Gasteiger partial charge in [-0.1, -0.05) is 0 Å². The molecule has 0 aliphatic carbocycles. The summed E-state index contributed by atoms with van der Waals surface area (Å²) in [6, 6.07) is 1.50. The van der Waals surface area contributed by atoms with Crippen LogP contribution in [0, 0.1) is 0 Å². The number of aryl methyl sites for hydroxylation is 1. The molecule has 0 aromatic carbocycles. The molecule has 112 valence electrons. The zero-order valence-electron chi connectivity index (χ0n) is 11.6. The molecule has 2 heterocycles. The van der Waals surface area contributed by atoms with E-state index in [1.165, 1.54) is 16.8 Å². The van der Waals surface area contributed by atoms with Crippen LogP contribution in [0.25, 0.3) is 0 Å². The Morgan fingerprint density at radius 1 is 1.55 bits per heavy atom. The highest BCUT2D eigenvalue weighted by Crippen LogP contribution is 2.16. The summed E-state index contributed by atoms with van der Waals surface area (Å²) in [5.41, 5.74) is 5.36. The van der Waals surface area contributed by atoms with Crippen LogP contribution in [0.1, 0.15) is 30.3 Å². The zero-order chi connectivity index (χ0) is 14.9. The lowest BCUT2D eigenvalue weighted by Gasteiger charge is -2.28. The quantitative estimate of drug-likeness (QED) is 0.699. The predicted octanol–water partition coefficient (Wildman–Crippen LogP) is -0.457. The Morgan fingerprint density at radius 2 is 2.25 bits per heavy atom. The average molecular weight is 300 g/mol. The molecule has 1 fully saturated rings. The van der Waals surface area contributed by atoms with E-state index in [0.717, 1.165) is 19.4 Å². The van der Waals surface area contributed by atoms with Gasteiger partial charge in [-0.05, 0) is 32.4 Å². The van der Waals surface area contributed by atoms with E-state index < -0.39 is 15.9 Å². The number of sulfonamides is 1. The second kappa shape index (κ2) is 5.55. The molecular weight excluding hydrogens is 280 g/mol. The minimum atomic E-state index is -3.62. The zero-order valence-corrected chi connectivity index (χ0v) is 12.4. The van der Waals surface area contributed by atoms with Crippen molar-refractivity contribution in [2.45, 2.75) is 36.7 Å². The molecule has 0 bridgehead atoms. The van der Waals surface area contributed by atoms with Crippen LogP contribution in [0.3, 0.4) is 0 Å². The van der Waals surface area contributed by atoms with Crippen molar-refractivity contribution in [3.8, 4) is 0 Å². The Morgan fingerprint density at radius 3 is 2.80 bits per heavy atom. The highest BCUT2D eigenvalue weighted by atomic mass is 32.2. The van der Waals surface area contributed by atoms with Crippen molar-refractivity contribution in [1.29, 1.82) is 0 Å². The first-order chi connectivity index (χ1) is 9.29. The third-order valence-electron chi connectivity index (χ3n) is 3.49. The highest BCUT2D eigenvalue weighted by Gasteiger charge is 2.26. The van der Waals surface area contributed by atoms with E-state index in [0.29, 0.717) is 0 Å². The van der Waals surface area contributed by atoms with Crippen molar-refractivity contribution in [3.63, 3.8) is 0 Å². The van der Waals surface area contributed by atoms with E-state index in [1.807, 2.05) is 6.92 Å². The molecule has 2 rings (SSSR count). The number of nitrogens with zero attached hydrogens (tertiary/aromatic N) is 1. The van der Waals surface area contributed by atoms with Crippen LogP contribution in [-0.4, -0.2) is 37.5 Å². The fraction of sp³-hybridized carbons (Fsp3) is 0.583. The van der Waals surface area contributed by atoms with E-state index in [1.54, 1.807) is 7.05 Å². The van der Waals surface area contributed by atoms with Crippen LogP contribution in [0.5, 0.6) is 0 Å². The molecule has 1 aliphatic heterocycles. The summed E-state index contributed by atoms with van der Waals surface area (Å²) in [4.78, 5) is 11.2. The number of nitrogens with two attached hydrogens (primary N) is 1. The molecule has 7 nitrogen and oxygen atoms in total. The van der Waals surface area contributed by atoms with Gasteiger partial charge in [-0.3, -0.25) is 4.79 Å². The number of aromatic nitrogens is 1. The molecule has 2 atom stereocenters. The van der Waals surface area contributed by atoms with Gasteiger partial charge in [0.25, 0.3) is 5.91 Å². The fourth-order valence-electron chi connectivity index (χ4n) is 2.45. The second-order valence-corrected chi connectivity index (χ2v) is 6.95. The number of carbonyl (C=O) groups is 1. The Kier molecular flexibility index (Phi) is 4.17. The van der Waals surface area contributed by atoms with E-state index in [-0.39, 0.29) is 22.7 Å². The van der Waals surface area contributed by atoms with E-state index in [4.69, 9.17) is 5.73 Å². The number of primary amides is 1. The number of carbonyl (C=O) groups excluding carboxylic acids is 1. The van der Waals surface area contributed by atoms with Crippen molar-refractivity contribution < 1.29 is 13.2 Å². The summed E-state index contributed by atoms with van der Waals surface area (Å²) < 4.78 is 28.7. The normalized spacial score (nSPS) is 23.7. The molecule has 1 aliphatic rings. The summed E-state index contributed by atoms with van der Waals surface area (Å²) in [6.07, 6.45) is 2.89. The van der Waals surface area contributed by atoms with Gasteiger partial charge in [0.1, 0.15) is 10.6 Å². The topological polar surface area (TPSA) is 106 Å².